The number of amides is 2. The summed E-state index contributed by atoms with van der Waals surface area (Å²) in [5.74, 6) is -2.46. The second-order valence-electron chi connectivity index (χ2n) is 9.65. The Morgan fingerprint density at radius 3 is 2.70 bits per heavy atom. The van der Waals surface area contributed by atoms with Crippen molar-refractivity contribution in [3.8, 4) is 0 Å². The highest BCUT2D eigenvalue weighted by Gasteiger charge is 2.49. The number of aryl methyl sites for hydroxylation is 1. The van der Waals surface area contributed by atoms with Crippen molar-refractivity contribution in [2.45, 2.75) is 38.2 Å². The van der Waals surface area contributed by atoms with Crippen LogP contribution < -0.4 is 21.7 Å². The first-order valence-electron chi connectivity index (χ1n) is 12.0. The van der Waals surface area contributed by atoms with Crippen molar-refractivity contribution in [1.29, 1.82) is 0 Å². The van der Waals surface area contributed by atoms with E-state index in [1.807, 2.05) is 0 Å². The zero-order valence-corrected chi connectivity index (χ0v) is 22.9. The number of aliphatic hydroxyl groups is 1. The van der Waals surface area contributed by atoms with Gasteiger partial charge in [-0.1, -0.05) is 0 Å². The molecule has 0 aliphatic carbocycles. The molecule has 6 N–H and O–H groups in total. The number of alkyl halides is 3. The van der Waals surface area contributed by atoms with Crippen molar-refractivity contribution in [3.63, 3.8) is 0 Å². The number of nitrogens with two attached hydrogens (primary N) is 1. The van der Waals surface area contributed by atoms with Gasteiger partial charge >= 0.3 is 6.18 Å². The van der Waals surface area contributed by atoms with Gasteiger partial charge < -0.3 is 36.6 Å². The third-order valence-corrected chi connectivity index (χ3v) is 7.56. The van der Waals surface area contributed by atoms with Crippen LogP contribution in [-0.2, 0) is 20.6 Å². The molecule has 0 saturated carbocycles. The van der Waals surface area contributed by atoms with Gasteiger partial charge in [-0.2, -0.15) is 13.2 Å². The van der Waals surface area contributed by atoms with E-state index in [2.05, 4.69) is 20.9 Å². The quantitative estimate of drug-likeness (QED) is 0.286. The summed E-state index contributed by atoms with van der Waals surface area (Å²) in [5.41, 5.74) is 5.68. The Morgan fingerprint density at radius 2 is 2.08 bits per heavy atom. The lowest BCUT2D eigenvalue weighted by atomic mass is 10.1. The predicted molar refractivity (Wildman–Crippen MR) is 138 cm³/mol. The number of pyridine rings is 1. The summed E-state index contributed by atoms with van der Waals surface area (Å²) in [5, 5.41) is 21.0. The Labute approximate surface area is 232 Å². The van der Waals surface area contributed by atoms with Crippen LogP contribution in [0.4, 0.5) is 13.2 Å². The third kappa shape index (κ3) is 5.67. The SMILES string of the molecule is CC(=O)C=C(N)CN1C(=O)C2=C(NCN2CC(=O)NC2=CSC(c3cnc(C(F)(F)F)c(C)c3)N2)N(C)C1(C)O. The van der Waals surface area contributed by atoms with Crippen LogP contribution in [0.15, 0.2) is 46.8 Å². The smallest absolute Gasteiger partial charge is 0.400 e. The molecule has 0 bridgehead atoms. The molecule has 40 heavy (non-hydrogen) atoms. The minimum atomic E-state index is -4.55. The Balaban J connectivity index is 1.41. The average Bonchev–Trinajstić information content (AvgIpc) is 3.46. The molecule has 0 saturated heterocycles. The van der Waals surface area contributed by atoms with E-state index in [0.29, 0.717) is 17.2 Å². The molecule has 0 aromatic carbocycles. The molecule has 4 heterocycles. The molecule has 0 radical (unpaired) electrons. The maximum Gasteiger partial charge on any atom is 0.433 e. The van der Waals surface area contributed by atoms with Gasteiger partial charge in [0.1, 0.15) is 28.4 Å². The molecule has 3 aliphatic rings. The normalized spacial score (nSPS) is 23.1. The van der Waals surface area contributed by atoms with Gasteiger partial charge in [-0.15, -0.1) is 11.8 Å². The van der Waals surface area contributed by atoms with E-state index in [1.165, 1.54) is 54.5 Å². The number of halogens is 3. The van der Waals surface area contributed by atoms with Crippen LogP contribution in [0.3, 0.4) is 0 Å². The van der Waals surface area contributed by atoms with Crippen LogP contribution in [0.25, 0.3) is 0 Å². The van der Waals surface area contributed by atoms with Crippen LogP contribution in [0.1, 0.15) is 36.0 Å². The van der Waals surface area contributed by atoms with E-state index in [-0.39, 0.29) is 42.5 Å². The van der Waals surface area contributed by atoms with Crippen molar-refractivity contribution < 1.29 is 32.7 Å². The zero-order valence-electron chi connectivity index (χ0n) is 22.1. The Hall–Kier alpha value is -3.92. The van der Waals surface area contributed by atoms with Crippen LogP contribution in [0, 0.1) is 6.92 Å². The number of thioether (sulfide) groups is 1. The van der Waals surface area contributed by atoms with Crippen molar-refractivity contribution >= 4 is 29.4 Å². The van der Waals surface area contributed by atoms with Crippen LogP contribution >= 0.6 is 11.8 Å². The van der Waals surface area contributed by atoms with Crippen LogP contribution in [0.5, 0.6) is 0 Å². The predicted octanol–water partition coefficient (Wildman–Crippen LogP) is 0.562. The summed E-state index contributed by atoms with van der Waals surface area (Å²) in [6, 6.07) is 1.40. The molecular weight excluding hydrogens is 553 g/mol. The minimum absolute atomic E-state index is 0.0100. The lowest BCUT2D eigenvalue weighted by Gasteiger charge is -2.47. The summed E-state index contributed by atoms with van der Waals surface area (Å²) in [6.45, 7) is 3.72. The molecule has 4 rings (SSSR count). The lowest BCUT2D eigenvalue weighted by Crippen LogP contribution is -2.64. The number of ketones is 1. The molecule has 1 aromatic heterocycles. The van der Waals surface area contributed by atoms with E-state index in [9.17, 15) is 32.7 Å². The number of nitrogens with zero attached hydrogens (tertiary/aromatic N) is 4. The largest absolute Gasteiger partial charge is 0.433 e. The van der Waals surface area contributed by atoms with E-state index in [1.54, 1.807) is 12.5 Å². The lowest BCUT2D eigenvalue weighted by molar-refractivity contribution is -0.196. The third-order valence-electron chi connectivity index (χ3n) is 6.52. The number of hydrogen-bond donors (Lipinski definition) is 5. The minimum Gasteiger partial charge on any atom is -0.400 e. The van der Waals surface area contributed by atoms with Gasteiger partial charge in [-0.25, -0.2) is 0 Å². The van der Waals surface area contributed by atoms with Crippen molar-refractivity contribution in [2.24, 2.45) is 5.73 Å². The standard InChI is InChI=1S/C24H29F3N8O4S/c1-12-5-14(7-29-19(12)24(25,26)27)21-32-16(10-40-21)31-17(37)9-34-11-30-20-18(34)22(38)35(23(3,39)33(20)4)8-15(28)6-13(2)36/h5-7,10,21,30,32,39H,8-9,11,28H2,1-4H3,(H,31,37). The highest BCUT2D eigenvalue weighted by atomic mass is 32.2. The Morgan fingerprint density at radius 1 is 1.38 bits per heavy atom. The van der Waals surface area contributed by atoms with Crippen molar-refractivity contribution in [2.75, 3.05) is 26.8 Å². The molecule has 12 nitrogen and oxygen atoms in total. The molecule has 1 aromatic rings. The number of nitrogens with one attached hydrogen (secondary N) is 3. The maximum absolute atomic E-state index is 13.4. The van der Waals surface area contributed by atoms with Crippen LogP contribution in [0.2, 0.25) is 0 Å². The molecule has 2 atom stereocenters. The fourth-order valence-electron chi connectivity index (χ4n) is 4.53. The monoisotopic (exact) mass is 582 g/mol. The molecule has 2 unspecified atom stereocenters. The number of carbonyl (C=O) groups excluding carboxylic acids is 3. The van der Waals surface area contributed by atoms with Gasteiger partial charge in [-0.05, 0) is 25.5 Å². The van der Waals surface area contributed by atoms with E-state index < -0.39 is 34.9 Å². The topological polar surface area (TPSA) is 156 Å². The first-order valence-corrected chi connectivity index (χ1v) is 13.0. The highest BCUT2D eigenvalue weighted by molar-refractivity contribution is 8.02. The molecule has 0 spiro atoms. The second-order valence-corrected chi connectivity index (χ2v) is 10.6. The molecular formula is C24H29F3N8O4S. The maximum atomic E-state index is 13.4. The Bertz CT molecular complexity index is 1340. The number of rotatable bonds is 7. The summed E-state index contributed by atoms with van der Waals surface area (Å²) in [7, 11) is 1.57. The van der Waals surface area contributed by atoms with Gasteiger partial charge in [0, 0.05) is 42.9 Å². The van der Waals surface area contributed by atoms with E-state index >= 15 is 0 Å². The molecule has 0 fully saturated rings. The van der Waals surface area contributed by atoms with Crippen molar-refractivity contribution in [3.05, 3.63) is 63.6 Å². The second kappa shape index (κ2) is 10.6. The van der Waals surface area contributed by atoms with E-state index in [0.717, 1.165) is 11.1 Å². The van der Waals surface area contributed by atoms with Crippen LogP contribution in [-0.4, -0.2) is 75.0 Å². The average molecular weight is 583 g/mol. The van der Waals surface area contributed by atoms with Gasteiger partial charge in [0.15, 0.2) is 5.78 Å². The van der Waals surface area contributed by atoms with Gasteiger partial charge in [-0.3, -0.25) is 24.3 Å². The number of hydrogen-bond acceptors (Lipinski definition) is 11. The number of allylic oxidation sites excluding steroid dienone is 1. The fraction of sp³-hybridized carbons (Fsp3) is 0.417. The molecule has 16 heteroatoms. The highest BCUT2D eigenvalue weighted by Crippen LogP contribution is 2.36. The van der Waals surface area contributed by atoms with Crippen molar-refractivity contribution in [1.82, 2.24) is 35.6 Å². The summed E-state index contributed by atoms with van der Waals surface area (Å²) < 4.78 is 39.1. The van der Waals surface area contributed by atoms with Gasteiger partial charge in [0.2, 0.25) is 11.8 Å². The summed E-state index contributed by atoms with van der Waals surface area (Å²) >= 11 is 1.26. The molecule has 216 valence electrons. The number of carbonyl (C=O) groups is 3. The Kier molecular flexibility index (Phi) is 7.68. The fourth-order valence-corrected chi connectivity index (χ4v) is 5.41. The summed E-state index contributed by atoms with van der Waals surface area (Å²) in [6.07, 6.45) is -2.23. The first-order chi connectivity index (χ1) is 18.6. The molecule has 3 aliphatic heterocycles. The zero-order chi connectivity index (χ0) is 29.6. The van der Waals surface area contributed by atoms with E-state index in [4.69, 9.17) is 5.73 Å². The molecule has 2 amide bonds. The number of aromatic nitrogens is 1. The first kappa shape index (κ1) is 29.1. The van der Waals surface area contributed by atoms with Gasteiger partial charge in [0.25, 0.3) is 5.91 Å². The summed E-state index contributed by atoms with van der Waals surface area (Å²) in [4.78, 5) is 45.3. The van der Waals surface area contributed by atoms with Gasteiger partial charge in [0.05, 0.1) is 19.8 Å².